The third-order valence-electron chi connectivity index (χ3n) is 9.40. The van der Waals surface area contributed by atoms with Crippen molar-refractivity contribution < 1.29 is 33.0 Å². The summed E-state index contributed by atoms with van der Waals surface area (Å²) in [5, 5.41) is 2.07. The van der Waals surface area contributed by atoms with Crippen LogP contribution in [0, 0.1) is 5.41 Å². The van der Waals surface area contributed by atoms with Crippen LogP contribution in [0.5, 0.6) is 11.5 Å². The van der Waals surface area contributed by atoms with Gasteiger partial charge in [0.05, 0.1) is 24.4 Å². The van der Waals surface area contributed by atoms with Crippen LogP contribution in [0.15, 0.2) is 97.1 Å². The van der Waals surface area contributed by atoms with E-state index in [1.807, 2.05) is 146 Å². The predicted molar refractivity (Wildman–Crippen MR) is 222 cm³/mol. The number of nitrogens with two attached hydrogens (primary N) is 1. The molecule has 1 heterocycles. The van der Waals surface area contributed by atoms with Gasteiger partial charge in [0.1, 0.15) is 18.3 Å². The van der Waals surface area contributed by atoms with Crippen LogP contribution in [0.1, 0.15) is 76.9 Å². The lowest BCUT2D eigenvalue weighted by atomic mass is 9.88. The molecule has 0 bridgehead atoms. The second-order valence-corrected chi connectivity index (χ2v) is 18.2. The van der Waals surface area contributed by atoms with Crippen LogP contribution in [0.3, 0.4) is 0 Å². The molecular weight excluding hydrogens is 723 g/mol. The second-order valence-electron chi connectivity index (χ2n) is 16.1. The number of benzene rings is 4. The molecule has 0 fully saturated rings. The van der Waals surface area contributed by atoms with Gasteiger partial charge in [0.25, 0.3) is 20.9 Å². The van der Waals surface area contributed by atoms with Gasteiger partial charge < -0.3 is 34.2 Å². The van der Waals surface area contributed by atoms with E-state index in [-0.39, 0.29) is 30.7 Å². The van der Waals surface area contributed by atoms with Crippen molar-refractivity contribution in [1.82, 2.24) is 4.90 Å². The van der Waals surface area contributed by atoms with Crippen molar-refractivity contribution in [2.45, 2.75) is 86.0 Å². The van der Waals surface area contributed by atoms with E-state index < -0.39 is 38.2 Å². The Morgan fingerprint density at radius 1 is 0.839 bits per heavy atom. The summed E-state index contributed by atoms with van der Waals surface area (Å²) in [7, 11) is -1.83. The number of amides is 3. The number of primary amides is 1. The lowest BCUT2D eigenvalue weighted by molar-refractivity contribution is -0.129. The summed E-state index contributed by atoms with van der Waals surface area (Å²) >= 11 is 0. The molecular formula is C45H56N3O7Si. The fraction of sp³-hybridized carbons (Fsp3) is 0.400. The van der Waals surface area contributed by atoms with Crippen molar-refractivity contribution in [3.63, 3.8) is 0 Å². The molecule has 0 aliphatic carbocycles. The van der Waals surface area contributed by atoms with E-state index in [1.165, 1.54) is 0 Å². The number of fused-ring (bicyclic) bond motifs is 1. The van der Waals surface area contributed by atoms with Crippen LogP contribution < -0.4 is 30.5 Å². The monoisotopic (exact) mass is 778 g/mol. The van der Waals surface area contributed by atoms with Crippen molar-refractivity contribution in [2.24, 2.45) is 11.1 Å². The molecule has 297 valence electrons. The van der Waals surface area contributed by atoms with E-state index in [0.29, 0.717) is 43.2 Å². The highest BCUT2D eigenvalue weighted by Gasteiger charge is 2.42. The number of para-hydroxylation sites is 2. The van der Waals surface area contributed by atoms with Crippen LogP contribution in [0.4, 0.5) is 10.5 Å². The van der Waals surface area contributed by atoms with Crippen LogP contribution in [0.25, 0.3) is 0 Å². The SMILES string of the molecule is CCOc1ccccc1OCCN(C(=O)OC(C)(C)C)C(C)Cc1cc2c(c(C(N)=O)c1)N(C(=O)C(O[Si](c1ccccc1)c1ccccc1)C(C)(C)C)CC2. The number of nitrogens with zero attached hydrogens (tertiary/aromatic N) is 2. The van der Waals surface area contributed by atoms with Crippen molar-refractivity contribution >= 4 is 43.0 Å². The van der Waals surface area contributed by atoms with E-state index in [4.69, 9.17) is 24.4 Å². The molecule has 4 aromatic rings. The topological polar surface area (TPSA) is 121 Å². The zero-order chi connectivity index (χ0) is 40.6. The van der Waals surface area contributed by atoms with Crippen LogP contribution in [0.2, 0.25) is 0 Å². The van der Waals surface area contributed by atoms with E-state index in [0.717, 1.165) is 21.5 Å². The van der Waals surface area contributed by atoms with Gasteiger partial charge in [-0.25, -0.2) is 4.79 Å². The molecule has 0 aromatic heterocycles. The fourth-order valence-corrected chi connectivity index (χ4v) is 9.13. The van der Waals surface area contributed by atoms with Gasteiger partial charge in [-0.15, -0.1) is 0 Å². The first-order valence-electron chi connectivity index (χ1n) is 19.3. The van der Waals surface area contributed by atoms with Gasteiger partial charge in [-0.3, -0.25) is 9.59 Å². The summed E-state index contributed by atoms with van der Waals surface area (Å²) in [6.45, 7) is 16.7. The van der Waals surface area contributed by atoms with Gasteiger partial charge in [0, 0.05) is 12.6 Å². The summed E-state index contributed by atoms with van der Waals surface area (Å²) in [5.74, 6) is 0.376. The Balaban J connectivity index is 1.40. The van der Waals surface area contributed by atoms with Crippen molar-refractivity contribution in [2.75, 3.05) is 31.2 Å². The molecule has 10 nitrogen and oxygen atoms in total. The van der Waals surface area contributed by atoms with E-state index in [1.54, 1.807) is 15.9 Å². The molecule has 2 atom stereocenters. The largest absolute Gasteiger partial charge is 0.490 e. The lowest BCUT2D eigenvalue weighted by Gasteiger charge is -2.36. The zero-order valence-electron chi connectivity index (χ0n) is 34.0. The van der Waals surface area contributed by atoms with Crippen molar-refractivity contribution in [1.29, 1.82) is 0 Å². The number of anilines is 1. The van der Waals surface area contributed by atoms with Crippen molar-refractivity contribution in [3.05, 3.63) is 114 Å². The number of hydrogen-bond acceptors (Lipinski definition) is 7. The zero-order valence-corrected chi connectivity index (χ0v) is 35.0. The first kappa shape index (κ1) is 42.0. The molecule has 1 aliphatic rings. The van der Waals surface area contributed by atoms with Crippen molar-refractivity contribution in [3.8, 4) is 11.5 Å². The molecule has 1 aliphatic heterocycles. The number of carbonyl (C=O) groups excluding carboxylic acids is 3. The maximum atomic E-state index is 14.7. The average molecular weight is 779 g/mol. The molecule has 4 aromatic carbocycles. The Morgan fingerprint density at radius 3 is 1.95 bits per heavy atom. The molecule has 3 amide bonds. The minimum absolute atomic E-state index is 0.204. The van der Waals surface area contributed by atoms with Crippen LogP contribution >= 0.6 is 0 Å². The first-order chi connectivity index (χ1) is 26.6. The highest BCUT2D eigenvalue weighted by atomic mass is 28.3. The third kappa shape index (κ3) is 10.6. The number of hydrogen-bond donors (Lipinski definition) is 1. The standard InChI is InChI=1S/C45H56N3O7Si/c1-9-52-37-22-16-17-23-38(37)53-27-26-47(43(51)54-45(6,7)8)31(2)28-32-29-33-24-25-48(39(33)36(30-32)41(46)49)42(50)40(44(3,4)5)55-56(34-18-12-10-13-19-34)35-20-14-11-15-21-35/h10-23,29-31,40H,9,24-28H2,1-8H3,(H2,46,49). The summed E-state index contributed by atoms with van der Waals surface area (Å²) in [5.41, 5.74) is 7.24. The lowest BCUT2D eigenvalue weighted by Crippen LogP contribution is -2.55. The summed E-state index contributed by atoms with van der Waals surface area (Å²) < 4.78 is 24.5. The van der Waals surface area contributed by atoms with Gasteiger partial charge >= 0.3 is 6.09 Å². The third-order valence-corrected chi connectivity index (χ3v) is 11.6. The van der Waals surface area contributed by atoms with Gasteiger partial charge in [0.15, 0.2) is 11.5 Å². The quantitative estimate of drug-likeness (QED) is 0.136. The smallest absolute Gasteiger partial charge is 0.410 e. The molecule has 2 N–H and O–H groups in total. The highest BCUT2D eigenvalue weighted by Crippen LogP contribution is 2.37. The molecule has 5 rings (SSSR count). The molecule has 11 heteroatoms. The number of ether oxygens (including phenoxy) is 3. The van der Waals surface area contributed by atoms with Gasteiger partial charge in [-0.05, 0) is 92.6 Å². The highest BCUT2D eigenvalue weighted by molar-refractivity contribution is 6.80. The molecule has 0 spiro atoms. The summed E-state index contributed by atoms with van der Waals surface area (Å²) in [6.07, 6.45) is -0.337. The fourth-order valence-electron chi connectivity index (χ4n) is 6.84. The summed E-state index contributed by atoms with van der Waals surface area (Å²) in [6, 6.07) is 30.9. The second kappa shape index (κ2) is 18.2. The Kier molecular flexibility index (Phi) is 13.7. The normalized spacial score (nSPS) is 13.8. The van der Waals surface area contributed by atoms with E-state index in [2.05, 4.69) is 0 Å². The van der Waals surface area contributed by atoms with Gasteiger partial charge in [-0.1, -0.05) is 99.6 Å². The van der Waals surface area contributed by atoms with Crippen LogP contribution in [-0.4, -0.2) is 75.9 Å². The van der Waals surface area contributed by atoms with E-state index in [9.17, 15) is 14.4 Å². The molecule has 1 radical (unpaired) electrons. The number of rotatable bonds is 15. The maximum Gasteiger partial charge on any atom is 0.410 e. The van der Waals surface area contributed by atoms with Crippen LogP contribution in [-0.2, 0) is 26.8 Å². The maximum absolute atomic E-state index is 14.7. The molecule has 0 saturated carbocycles. The van der Waals surface area contributed by atoms with E-state index >= 15 is 0 Å². The first-order valence-corrected chi connectivity index (χ1v) is 20.7. The molecule has 56 heavy (non-hydrogen) atoms. The Labute approximate surface area is 333 Å². The number of carbonyl (C=O) groups is 3. The Bertz CT molecular complexity index is 1920. The molecule has 0 saturated heterocycles. The average Bonchev–Trinajstić information content (AvgIpc) is 3.57. The van der Waals surface area contributed by atoms with Gasteiger partial charge in [0.2, 0.25) is 0 Å². The minimum atomic E-state index is -1.83. The predicted octanol–water partition coefficient (Wildman–Crippen LogP) is 6.56. The molecule has 2 unspecified atom stereocenters. The van der Waals surface area contributed by atoms with Gasteiger partial charge in [-0.2, -0.15) is 0 Å². The Morgan fingerprint density at radius 2 is 1.41 bits per heavy atom. The Hall–Kier alpha value is -5.13. The summed E-state index contributed by atoms with van der Waals surface area (Å²) in [4.78, 5) is 44.8. The minimum Gasteiger partial charge on any atom is -0.490 e.